The van der Waals surface area contributed by atoms with Crippen LogP contribution in [0.25, 0.3) is 0 Å². The molecule has 0 aromatic carbocycles. The Kier molecular flexibility index (Phi) is 18.1. The summed E-state index contributed by atoms with van der Waals surface area (Å²) in [6, 6.07) is 0. The quantitative estimate of drug-likeness (QED) is 0.226. The van der Waals surface area contributed by atoms with Crippen molar-refractivity contribution < 1.29 is 9.47 Å². The van der Waals surface area contributed by atoms with Crippen LogP contribution in [-0.2, 0) is 9.47 Å². The first kappa shape index (κ1) is 25.8. The fourth-order valence-electron chi connectivity index (χ4n) is 3.60. The molecule has 0 saturated carbocycles. The van der Waals surface area contributed by atoms with E-state index >= 15 is 0 Å². The second kappa shape index (κ2) is 18.2. The van der Waals surface area contributed by atoms with Gasteiger partial charge in [0.25, 0.3) is 0 Å². The second-order valence-electron chi connectivity index (χ2n) is 7.54. The predicted molar refractivity (Wildman–Crippen MR) is 114 cm³/mol. The topological polar surface area (TPSA) is 56.5 Å². The summed E-state index contributed by atoms with van der Waals surface area (Å²) < 4.78 is 12.1. The van der Waals surface area contributed by atoms with Crippen LogP contribution in [-0.4, -0.2) is 38.6 Å². The molecule has 3 N–H and O–H groups in total. The van der Waals surface area contributed by atoms with Crippen LogP contribution < -0.4 is 11.1 Å². The Morgan fingerprint density at radius 3 is 2.00 bits per heavy atom. The van der Waals surface area contributed by atoms with Crippen molar-refractivity contribution in [3.05, 3.63) is 0 Å². The van der Waals surface area contributed by atoms with Crippen LogP contribution in [0.1, 0.15) is 98.3 Å². The zero-order valence-electron chi connectivity index (χ0n) is 18.3. The van der Waals surface area contributed by atoms with E-state index in [0.29, 0.717) is 19.1 Å². The molecule has 0 radical (unpaired) electrons. The molecular formula is C22H48N2O2. The van der Waals surface area contributed by atoms with E-state index in [9.17, 15) is 0 Å². The number of ether oxygens (including phenoxy) is 2. The molecule has 0 rings (SSSR count). The number of nitrogens with one attached hydrogen (secondary N) is 1. The highest BCUT2D eigenvalue weighted by atomic mass is 16.7. The van der Waals surface area contributed by atoms with E-state index in [1.54, 1.807) is 0 Å². The lowest BCUT2D eigenvalue weighted by Crippen LogP contribution is -2.45. The number of hydrogen-bond acceptors (Lipinski definition) is 4. The molecule has 26 heavy (non-hydrogen) atoms. The van der Waals surface area contributed by atoms with E-state index in [1.165, 1.54) is 64.2 Å². The van der Waals surface area contributed by atoms with Crippen LogP contribution in [0.5, 0.6) is 0 Å². The minimum atomic E-state index is -0.473. The van der Waals surface area contributed by atoms with E-state index in [1.807, 2.05) is 0 Å². The molecule has 4 heteroatoms. The molecular weight excluding hydrogens is 324 g/mol. The maximum Gasteiger partial charge on any atom is 0.169 e. The van der Waals surface area contributed by atoms with Crippen LogP contribution in [0.2, 0.25) is 0 Å². The first-order chi connectivity index (χ1) is 12.6. The van der Waals surface area contributed by atoms with Crippen molar-refractivity contribution >= 4 is 0 Å². The fraction of sp³-hybridized carbons (Fsp3) is 1.00. The molecule has 0 fully saturated rings. The van der Waals surface area contributed by atoms with Gasteiger partial charge < -0.3 is 20.5 Å². The summed E-state index contributed by atoms with van der Waals surface area (Å²) in [7, 11) is 0. The first-order valence-corrected chi connectivity index (χ1v) is 11.3. The minimum absolute atomic E-state index is 0.401. The summed E-state index contributed by atoms with van der Waals surface area (Å²) in [4.78, 5) is 0. The van der Waals surface area contributed by atoms with Gasteiger partial charge in [-0.25, -0.2) is 0 Å². The van der Waals surface area contributed by atoms with Crippen molar-refractivity contribution in [2.45, 2.75) is 104 Å². The summed E-state index contributed by atoms with van der Waals surface area (Å²) in [6.07, 6.45) is 14.0. The number of hydrogen-bond donors (Lipinski definition) is 2. The monoisotopic (exact) mass is 372 g/mol. The summed E-state index contributed by atoms with van der Waals surface area (Å²) in [6.45, 7) is 12.8. The van der Waals surface area contributed by atoms with Crippen LogP contribution in [0.15, 0.2) is 0 Å². The van der Waals surface area contributed by atoms with Crippen LogP contribution in [0.4, 0.5) is 0 Å². The Hall–Kier alpha value is -0.160. The average Bonchev–Trinajstić information content (AvgIpc) is 2.62. The summed E-state index contributed by atoms with van der Waals surface area (Å²) in [5.41, 5.74) is 5.56. The highest BCUT2D eigenvalue weighted by molar-refractivity contribution is 4.78. The molecule has 0 bridgehead atoms. The lowest BCUT2D eigenvalue weighted by Gasteiger charge is -2.37. The van der Waals surface area contributed by atoms with Crippen molar-refractivity contribution in [3.8, 4) is 0 Å². The van der Waals surface area contributed by atoms with Gasteiger partial charge in [0.15, 0.2) is 5.79 Å². The molecule has 4 nitrogen and oxygen atoms in total. The Morgan fingerprint density at radius 1 is 0.808 bits per heavy atom. The third-order valence-electron chi connectivity index (χ3n) is 5.21. The third-order valence-corrected chi connectivity index (χ3v) is 5.21. The van der Waals surface area contributed by atoms with Crippen LogP contribution >= 0.6 is 0 Å². The zero-order valence-corrected chi connectivity index (χ0v) is 18.3. The van der Waals surface area contributed by atoms with Crippen LogP contribution in [0, 0.1) is 5.92 Å². The average molecular weight is 373 g/mol. The molecule has 0 aromatic heterocycles. The van der Waals surface area contributed by atoms with Gasteiger partial charge in [0.05, 0.1) is 0 Å². The van der Waals surface area contributed by atoms with Gasteiger partial charge in [-0.3, -0.25) is 0 Å². The molecule has 0 spiro atoms. The Labute approximate surface area is 164 Å². The normalized spacial score (nSPS) is 13.3. The summed E-state index contributed by atoms with van der Waals surface area (Å²) >= 11 is 0. The minimum Gasteiger partial charge on any atom is -0.350 e. The summed E-state index contributed by atoms with van der Waals surface area (Å²) in [5.74, 6) is -0.0722. The van der Waals surface area contributed by atoms with Crippen molar-refractivity contribution in [3.63, 3.8) is 0 Å². The molecule has 1 atom stereocenters. The Balaban J connectivity index is 4.33. The van der Waals surface area contributed by atoms with Gasteiger partial charge in [0.1, 0.15) is 0 Å². The van der Waals surface area contributed by atoms with E-state index in [-0.39, 0.29) is 0 Å². The lowest BCUT2D eigenvalue weighted by molar-refractivity contribution is -0.252. The molecule has 0 aromatic rings. The third kappa shape index (κ3) is 13.1. The molecule has 0 saturated heterocycles. The molecule has 1 unspecified atom stereocenters. The maximum atomic E-state index is 6.06. The van der Waals surface area contributed by atoms with Gasteiger partial charge in [-0.05, 0) is 53.1 Å². The highest BCUT2D eigenvalue weighted by Crippen LogP contribution is 2.28. The van der Waals surface area contributed by atoms with Crippen LogP contribution in [0.3, 0.4) is 0 Å². The summed E-state index contributed by atoms with van der Waals surface area (Å²) in [5, 5.41) is 3.65. The molecule has 0 heterocycles. The van der Waals surface area contributed by atoms with Gasteiger partial charge in [-0.15, -0.1) is 0 Å². The van der Waals surface area contributed by atoms with E-state index in [2.05, 4.69) is 33.0 Å². The van der Waals surface area contributed by atoms with E-state index < -0.39 is 5.79 Å². The zero-order chi connectivity index (χ0) is 19.5. The smallest absolute Gasteiger partial charge is 0.169 e. The number of unbranched alkanes of at least 4 members (excludes halogenated alkanes) is 8. The van der Waals surface area contributed by atoms with Crippen molar-refractivity contribution in [1.82, 2.24) is 5.32 Å². The number of rotatable bonds is 20. The van der Waals surface area contributed by atoms with Crippen molar-refractivity contribution in [1.29, 1.82) is 0 Å². The SMILES string of the molecule is CCCCCCCCC(CNCCCCCCN)C(C)(OCC)OCC. The van der Waals surface area contributed by atoms with Gasteiger partial charge in [0, 0.05) is 25.7 Å². The molecule has 0 amide bonds. The number of nitrogens with two attached hydrogens (primary N) is 1. The Morgan fingerprint density at radius 2 is 1.38 bits per heavy atom. The molecule has 0 aliphatic carbocycles. The fourth-order valence-corrected chi connectivity index (χ4v) is 3.60. The Bertz CT molecular complexity index is 281. The van der Waals surface area contributed by atoms with E-state index in [0.717, 1.165) is 26.1 Å². The van der Waals surface area contributed by atoms with Gasteiger partial charge in [-0.2, -0.15) is 0 Å². The van der Waals surface area contributed by atoms with Gasteiger partial charge >= 0.3 is 0 Å². The largest absolute Gasteiger partial charge is 0.350 e. The second-order valence-corrected chi connectivity index (χ2v) is 7.54. The van der Waals surface area contributed by atoms with Gasteiger partial charge in [0.2, 0.25) is 0 Å². The first-order valence-electron chi connectivity index (χ1n) is 11.3. The van der Waals surface area contributed by atoms with Crippen molar-refractivity contribution in [2.75, 3.05) is 32.8 Å². The molecule has 0 aliphatic heterocycles. The standard InChI is InChI=1S/C22H48N2O2/c1-5-8-9-10-11-14-17-21(22(4,25-6-2)26-7-3)20-24-19-16-13-12-15-18-23/h21,24H,5-20,23H2,1-4H3. The highest BCUT2D eigenvalue weighted by Gasteiger charge is 2.35. The lowest BCUT2D eigenvalue weighted by atomic mass is 9.92. The van der Waals surface area contributed by atoms with Gasteiger partial charge in [-0.1, -0.05) is 58.3 Å². The van der Waals surface area contributed by atoms with E-state index in [4.69, 9.17) is 15.2 Å². The predicted octanol–water partition coefficient (Wildman–Crippen LogP) is 5.25. The van der Waals surface area contributed by atoms with Crippen molar-refractivity contribution in [2.24, 2.45) is 11.7 Å². The maximum absolute atomic E-state index is 6.06. The molecule has 158 valence electrons. The molecule has 0 aliphatic rings.